The Balaban J connectivity index is 2.28. The molecule has 2 atom stereocenters. The largest absolute Gasteiger partial charge is 0.480 e. The fourth-order valence-corrected chi connectivity index (χ4v) is 2.27. The van der Waals surface area contributed by atoms with Crippen molar-refractivity contribution in [1.29, 1.82) is 0 Å². The van der Waals surface area contributed by atoms with Crippen LogP contribution in [0.25, 0.3) is 0 Å². The lowest BCUT2D eigenvalue weighted by atomic mass is 9.99. The number of carboxylic acids is 1. The third-order valence-electron chi connectivity index (χ3n) is 3.54. The normalized spacial score (nSPS) is 13.9. The van der Waals surface area contributed by atoms with Crippen molar-refractivity contribution in [1.82, 2.24) is 20.2 Å². The van der Waals surface area contributed by atoms with Gasteiger partial charge in [-0.1, -0.05) is 44.0 Å². The molecule has 2 rings (SSSR count). The van der Waals surface area contributed by atoms with Crippen molar-refractivity contribution >= 4 is 17.6 Å². The first-order valence-electron chi connectivity index (χ1n) is 6.77. The van der Waals surface area contributed by atoms with E-state index >= 15 is 0 Å². The lowest BCUT2D eigenvalue weighted by Crippen LogP contribution is -2.28. The summed E-state index contributed by atoms with van der Waals surface area (Å²) in [6.07, 6.45) is 1.20. The number of carbonyl (C=O) groups is 1. The van der Waals surface area contributed by atoms with Crippen LogP contribution in [0.1, 0.15) is 37.7 Å². The van der Waals surface area contributed by atoms with Crippen LogP contribution >= 0.6 is 11.6 Å². The standard InChI is InChI=1S/C14H17ClN4O2/c1-3-9(2)13(14(20)21)19-12(16-17-18-19)8-10-4-6-11(15)7-5-10/h4-7,9,13H,3,8H2,1-2H3,(H,20,21). The number of carboxylic acid groups (broad SMARTS) is 1. The maximum Gasteiger partial charge on any atom is 0.328 e. The number of hydrogen-bond acceptors (Lipinski definition) is 4. The zero-order valence-corrected chi connectivity index (χ0v) is 12.7. The van der Waals surface area contributed by atoms with Gasteiger partial charge >= 0.3 is 5.97 Å². The minimum atomic E-state index is -0.922. The van der Waals surface area contributed by atoms with Crippen LogP contribution in [0.3, 0.4) is 0 Å². The van der Waals surface area contributed by atoms with E-state index in [0.717, 1.165) is 12.0 Å². The van der Waals surface area contributed by atoms with E-state index in [0.29, 0.717) is 17.3 Å². The molecule has 0 spiro atoms. The molecule has 0 amide bonds. The highest BCUT2D eigenvalue weighted by molar-refractivity contribution is 6.30. The Morgan fingerprint density at radius 2 is 2.05 bits per heavy atom. The van der Waals surface area contributed by atoms with E-state index in [1.807, 2.05) is 26.0 Å². The summed E-state index contributed by atoms with van der Waals surface area (Å²) >= 11 is 5.85. The molecule has 0 aliphatic rings. The Hall–Kier alpha value is -1.95. The van der Waals surface area contributed by atoms with E-state index in [1.54, 1.807) is 12.1 Å². The average Bonchev–Trinajstić information content (AvgIpc) is 2.89. The fraction of sp³-hybridized carbons (Fsp3) is 0.429. The third kappa shape index (κ3) is 3.58. The Labute approximate surface area is 127 Å². The molecule has 0 bridgehead atoms. The smallest absolute Gasteiger partial charge is 0.328 e. The van der Waals surface area contributed by atoms with Gasteiger partial charge < -0.3 is 5.11 Å². The molecule has 1 N–H and O–H groups in total. The molecule has 0 saturated heterocycles. The lowest BCUT2D eigenvalue weighted by molar-refractivity contribution is -0.143. The Bertz CT molecular complexity index is 612. The number of aromatic nitrogens is 4. The molecule has 7 heteroatoms. The highest BCUT2D eigenvalue weighted by atomic mass is 35.5. The quantitative estimate of drug-likeness (QED) is 0.887. The monoisotopic (exact) mass is 308 g/mol. The molecular formula is C14H17ClN4O2. The number of halogens is 1. The predicted octanol–water partition coefficient (Wildman–Crippen LogP) is 2.59. The predicted molar refractivity (Wildman–Crippen MR) is 78.2 cm³/mol. The van der Waals surface area contributed by atoms with Gasteiger partial charge in [-0.25, -0.2) is 9.48 Å². The average molecular weight is 309 g/mol. The number of aliphatic carboxylic acids is 1. The molecule has 2 aromatic rings. The van der Waals surface area contributed by atoms with Gasteiger partial charge in [0.25, 0.3) is 0 Å². The Kier molecular flexibility index (Phi) is 4.90. The summed E-state index contributed by atoms with van der Waals surface area (Å²) in [6.45, 7) is 3.83. The number of nitrogens with zero attached hydrogens (tertiary/aromatic N) is 4. The molecule has 0 fully saturated rings. The minimum Gasteiger partial charge on any atom is -0.480 e. The van der Waals surface area contributed by atoms with Crippen LogP contribution in [-0.4, -0.2) is 31.3 Å². The van der Waals surface area contributed by atoms with Crippen LogP contribution in [0.15, 0.2) is 24.3 Å². The molecule has 6 nitrogen and oxygen atoms in total. The van der Waals surface area contributed by atoms with Crippen molar-refractivity contribution in [2.75, 3.05) is 0 Å². The molecule has 1 heterocycles. The highest BCUT2D eigenvalue weighted by Gasteiger charge is 2.29. The molecular weight excluding hydrogens is 292 g/mol. The van der Waals surface area contributed by atoms with Gasteiger partial charge in [0.05, 0.1) is 0 Å². The van der Waals surface area contributed by atoms with Gasteiger partial charge in [-0.15, -0.1) is 5.10 Å². The molecule has 112 valence electrons. The van der Waals surface area contributed by atoms with Gasteiger partial charge in [0, 0.05) is 11.4 Å². The highest BCUT2D eigenvalue weighted by Crippen LogP contribution is 2.22. The second-order valence-corrected chi connectivity index (χ2v) is 5.45. The number of rotatable bonds is 6. The van der Waals surface area contributed by atoms with Crippen LogP contribution in [-0.2, 0) is 11.2 Å². The zero-order chi connectivity index (χ0) is 15.4. The van der Waals surface area contributed by atoms with E-state index in [-0.39, 0.29) is 5.92 Å². The van der Waals surface area contributed by atoms with Crippen LogP contribution in [0.5, 0.6) is 0 Å². The van der Waals surface area contributed by atoms with E-state index in [1.165, 1.54) is 4.68 Å². The van der Waals surface area contributed by atoms with Crippen molar-refractivity contribution in [3.05, 3.63) is 40.7 Å². The summed E-state index contributed by atoms with van der Waals surface area (Å²) in [5.74, 6) is -0.450. The SMILES string of the molecule is CCC(C)C(C(=O)O)n1nnnc1Cc1ccc(Cl)cc1. The van der Waals surface area contributed by atoms with Gasteiger partial charge in [0.2, 0.25) is 0 Å². The molecule has 21 heavy (non-hydrogen) atoms. The van der Waals surface area contributed by atoms with E-state index in [9.17, 15) is 9.90 Å². The van der Waals surface area contributed by atoms with Gasteiger partial charge in [0.1, 0.15) is 0 Å². The minimum absolute atomic E-state index is 0.0602. The fourth-order valence-electron chi connectivity index (χ4n) is 2.14. The van der Waals surface area contributed by atoms with Crippen molar-refractivity contribution in [3.63, 3.8) is 0 Å². The summed E-state index contributed by atoms with van der Waals surface area (Å²) in [5.41, 5.74) is 0.976. The maximum atomic E-state index is 11.5. The van der Waals surface area contributed by atoms with Gasteiger partial charge in [-0.3, -0.25) is 0 Å². The Morgan fingerprint density at radius 1 is 1.38 bits per heavy atom. The molecule has 0 aliphatic heterocycles. The first-order valence-corrected chi connectivity index (χ1v) is 7.14. The number of benzene rings is 1. The topological polar surface area (TPSA) is 80.9 Å². The first kappa shape index (κ1) is 15.4. The van der Waals surface area contributed by atoms with E-state index in [4.69, 9.17) is 11.6 Å². The summed E-state index contributed by atoms with van der Waals surface area (Å²) in [6, 6.07) is 6.57. The third-order valence-corrected chi connectivity index (χ3v) is 3.79. The van der Waals surface area contributed by atoms with Crippen LogP contribution < -0.4 is 0 Å². The van der Waals surface area contributed by atoms with Crippen molar-refractivity contribution < 1.29 is 9.90 Å². The van der Waals surface area contributed by atoms with Crippen LogP contribution in [0, 0.1) is 5.92 Å². The van der Waals surface area contributed by atoms with Crippen LogP contribution in [0.2, 0.25) is 5.02 Å². The molecule has 1 aromatic carbocycles. The molecule has 0 saturated carbocycles. The van der Waals surface area contributed by atoms with E-state index < -0.39 is 12.0 Å². The first-order chi connectivity index (χ1) is 10.0. The number of hydrogen-bond donors (Lipinski definition) is 1. The molecule has 1 aromatic heterocycles. The molecule has 0 radical (unpaired) electrons. The van der Waals surface area contributed by atoms with Crippen molar-refractivity contribution in [3.8, 4) is 0 Å². The van der Waals surface area contributed by atoms with Crippen molar-refractivity contribution in [2.24, 2.45) is 5.92 Å². The summed E-state index contributed by atoms with van der Waals surface area (Å²) in [4.78, 5) is 11.5. The second-order valence-electron chi connectivity index (χ2n) is 5.01. The molecule has 2 unspecified atom stereocenters. The lowest BCUT2D eigenvalue weighted by Gasteiger charge is -2.19. The zero-order valence-electron chi connectivity index (χ0n) is 11.9. The summed E-state index contributed by atoms with van der Waals surface area (Å²) in [5, 5.41) is 21.6. The van der Waals surface area contributed by atoms with Gasteiger partial charge in [0.15, 0.2) is 11.9 Å². The van der Waals surface area contributed by atoms with Gasteiger partial charge in [-0.2, -0.15) is 0 Å². The number of tetrazole rings is 1. The summed E-state index contributed by atoms with van der Waals surface area (Å²) in [7, 11) is 0. The Morgan fingerprint density at radius 3 is 2.62 bits per heavy atom. The van der Waals surface area contributed by atoms with Crippen molar-refractivity contribution in [2.45, 2.75) is 32.7 Å². The van der Waals surface area contributed by atoms with Gasteiger partial charge in [-0.05, 0) is 34.0 Å². The second kappa shape index (κ2) is 6.67. The van der Waals surface area contributed by atoms with Crippen LogP contribution in [0.4, 0.5) is 0 Å². The summed E-state index contributed by atoms with van der Waals surface area (Å²) < 4.78 is 1.41. The van der Waals surface area contributed by atoms with E-state index in [2.05, 4.69) is 15.5 Å². The maximum absolute atomic E-state index is 11.5. The molecule has 0 aliphatic carbocycles.